The van der Waals surface area contributed by atoms with Crippen molar-refractivity contribution < 1.29 is 9.32 Å². The summed E-state index contributed by atoms with van der Waals surface area (Å²) in [6.07, 6.45) is 0.886. The van der Waals surface area contributed by atoms with Crippen LogP contribution in [0.25, 0.3) is 11.0 Å². The van der Waals surface area contributed by atoms with Gasteiger partial charge in [0, 0.05) is 6.54 Å². The van der Waals surface area contributed by atoms with Gasteiger partial charge in [0.25, 0.3) is 5.56 Å². The third-order valence-electron chi connectivity index (χ3n) is 3.61. The summed E-state index contributed by atoms with van der Waals surface area (Å²) < 4.78 is 6.06. The number of nitrogens with one attached hydrogen (secondary N) is 1. The largest absolute Gasteiger partial charge is 0.366 e. The van der Waals surface area contributed by atoms with Crippen LogP contribution in [0.1, 0.15) is 18.1 Å². The molecule has 0 aliphatic rings. The van der Waals surface area contributed by atoms with Crippen molar-refractivity contribution in [1.29, 1.82) is 0 Å². The van der Waals surface area contributed by atoms with Crippen molar-refractivity contribution in [3.63, 3.8) is 0 Å². The Balaban J connectivity index is 1.82. The van der Waals surface area contributed by atoms with E-state index in [-0.39, 0.29) is 0 Å². The molecule has 1 aromatic heterocycles. The van der Waals surface area contributed by atoms with Crippen LogP contribution in [0.15, 0.2) is 57.8 Å². The van der Waals surface area contributed by atoms with E-state index in [2.05, 4.69) is 12.2 Å². The first-order chi connectivity index (χ1) is 10.7. The van der Waals surface area contributed by atoms with Crippen molar-refractivity contribution in [2.45, 2.75) is 19.9 Å². The molecule has 0 saturated carbocycles. The second-order valence-corrected chi connectivity index (χ2v) is 4.97. The lowest BCUT2D eigenvalue weighted by atomic mass is 10.1. The molecule has 0 aliphatic carbocycles. The number of carbonyl (C=O) groups is 1. The molecule has 0 unspecified atom stereocenters. The van der Waals surface area contributed by atoms with Crippen molar-refractivity contribution in [2.24, 2.45) is 0 Å². The van der Waals surface area contributed by atoms with Gasteiger partial charge < -0.3 is 9.84 Å². The number of nitrogens with zero attached hydrogens (tertiary/aromatic N) is 1. The maximum atomic E-state index is 12.2. The van der Waals surface area contributed by atoms with E-state index in [1.807, 2.05) is 24.3 Å². The molecule has 0 radical (unpaired) electrons. The zero-order valence-electron chi connectivity index (χ0n) is 12.2. The van der Waals surface area contributed by atoms with Crippen LogP contribution in [0.3, 0.4) is 0 Å². The molecule has 0 spiro atoms. The maximum absolute atomic E-state index is 12.2. The Bertz CT molecular complexity index is 877. The third-order valence-corrected chi connectivity index (χ3v) is 3.61. The standard InChI is InChI=1S/C17H16N2O3/c1-2-12-7-3-4-8-13(12)11-18-17(21)19-16(20)14-9-5-6-10-15(14)22-19/h3-10H,2,11H2,1H3,(H,18,21). The van der Waals surface area contributed by atoms with Gasteiger partial charge >= 0.3 is 6.03 Å². The summed E-state index contributed by atoms with van der Waals surface area (Å²) in [7, 11) is 0. The molecule has 1 amide bonds. The SMILES string of the molecule is CCc1ccccc1CNC(=O)n1oc2ccccc2c1=O. The molecule has 1 N–H and O–H groups in total. The van der Waals surface area contributed by atoms with Gasteiger partial charge in [0.15, 0.2) is 5.58 Å². The molecule has 3 rings (SSSR count). The summed E-state index contributed by atoms with van der Waals surface area (Å²) in [5, 5.41) is 3.12. The average molecular weight is 296 g/mol. The van der Waals surface area contributed by atoms with E-state index in [1.54, 1.807) is 24.3 Å². The van der Waals surface area contributed by atoms with Crippen LogP contribution in [0, 0.1) is 0 Å². The van der Waals surface area contributed by atoms with E-state index in [0.717, 1.165) is 16.7 Å². The third kappa shape index (κ3) is 2.53. The smallest absolute Gasteiger partial charge is 0.358 e. The van der Waals surface area contributed by atoms with Crippen LogP contribution in [0.4, 0.5) is 4.79 Å². The van der Waals surface area contributed by atoms with Crippen molar-refractivity contribution >= 4 is 17.0 Å². The molecule has 5 nitrogen and oxygen atoms in total. The Labute approximate surface area is 127 Å². The van der Waals surface area contributed by atoms with Gasteiger partial charge in [0.05, 0.1) is 5.39 Å². The van der Waals surface area contributed by atoms with Crippen molar-refractivity contribution in [3.8, 4) is 0 Å². The Morgan fingerprint density at radius 3 is 2.50 bits per heavy atom. The highest BCUT2D eigenvalue weighted by Gasteiger charge is 2.15. The van der Waals surface area contributed by atoms with Crippen molar-refractivity contribution in [2.75, 3.05) is 0 Å². The summed E-state index contributed by atoms with van der Waals surface area (Å²) >= 11 is 0. The first-order valence-electron chi connectivity index (χ1n) is 7.16. The number of para-hydroxylation sites is 1. The minimum absolute atomic E-state index is 0.354. The molecular weight excluding hydrogens is 280 g/mol. The number of amides is 1. The van der Waals surface area contributed by atoms with E-state index < -0.39 is 11.6 Å². The number of aromatic nitrogens is 1. The molecule has 0 aliphatic heterocycles. The number of benzene rings is 2. The summed E-state index contributed by atoms with van der Waals surface area (Å²) in [5.41, 5.74) is 2.15. The van der Waals surface area contributed by atoms with Gasteiger partial charge in [0.1, 0.15) is 0 Å². The fourth-order valence-corrected chi connectivity index (χ4v) is 2.42. The molecule has 0 saturated heterocycles. The zero-order chi connectivity index (χ0) is 15.5. The first-order valence-corrected chi connectivity index (χ1v) is 7.16. The highest BCUT2D eigenvalue weighted by Crippen LogP contribution is 2.11. The molecule has 5 heteroatoms. The molecule has 0 atom stereocenters. The number of fused-ring (bicyclic) bond motifs is 1. The van der Waals surface area contributed by atoms with Crippen LogP contribution in [0.5, 0.6) is 0 Å². The average Bonchev–Trinajstić information content (AvgIpc) is 2.90. The fourth-order valence-electron chi connectivity index (χ4n) is 2.42. The van der Waals surface area contributed by atoms with Crippen LogP contribution < -0.4 is 10.9 Å². The van der Waals surface area contributed by atoms with E-state index in [4.69, 9.17) is 4.52 Å². The molecule has 2 aromatic carbocycles. The molecule has 3 aromatic rings. The number of hydrogen-bond acceptors (Lipinski definition) is 3. The Kier molecular flexibility index (Phi) is 3.78. The fraction of sp³-hybridized carbons (Fsp3) is 0.176. The zero-order valence-corrected chi connectivity index (χ0v) is 12.2. The summed E-state index contributed by atoms with van der Waals surface area (Å²) in [6.45, 7) is 2.41. The van der Waals surface area contributed by atoms with Crippen molar-refractivity contribution in [3.05, 3.63) is 70.0 Å². The quantitative estimate of drug-likeness (QED) is 0.808. The van der Waals surface area contributed by atoms with Crippen molar-refractivity contribution in [1.82, 2.24) is 10.1 Å². The van der Waals surface area contributed by atoms with E-state index in [1.165, 1.54) is 5.56 Å². The van der Waals surface area contributed by atoms with Gasteiger partial charge in [-0.15, -0.1) is 0 Å². The summed E-state index contributed by atoms with van der Waals surface area (Å²) in [5.74, 6) is 0. The van der Waals surface area contributed by atoms with Gasteiger partial charge in [-0.05, 0) is 29.7 Å². The minimum atomic E-state index is -0.563. The second kappa shape index (κ2) is 5.89. The van der Waals surface area contributed by atoms with Gasteiger partial charge in [-0.25, -0.2) is 4.79 Å². The second-order valence-electron chi connectivity index (χ2n) is 4.97. The van der Waals surface area contributed by atoms with Gasteiger partial charge in [-0.3, -0.25) is 4.79 Å². The molecule has 1 heterocycles. The molecule has 0 fully saturated rings. The normalized spacial score (nSPS) is 10.8. The Morgan fingerprint density at radius 2 is 1.77 bits per heavy atom. The predicted molar refractivity (Wildman–Crippen MR) is 83.9 cm³/mol. The Hall–Kier alpha value is -2.82. The number of hydrogen-bond donors (Lipinski definition) is 1. The highest BCUT2D eigenvalue weighted by atomic mass is 16.5. The molecule has 112 valence electrons. The van der Waals surface area contributed by atoms with Crippen LogP contribution >= 0.6 is 0 Å². The van der Waals surface area contributed by atoms with Gasteiger partial charge in [0.2, 0.25) is 0 Å². The maximum Gasteiger partial charge on any atom is 0.358 e. The van der Waals surface area contributed by atoms with E-state index >= 15 is 0 Å². The van der Waals surface area contributed by atoms with Crippen LogP contribution in [-0.2, 0) is 13.0 Å². The van der Waals surface area contributed by atoms with E-state index in [0.29, 0.717) is 17.5 Å². The van der Waals surface area contributed by atoms with Gasteiger partial charge in [-0.2, -0.15) is 0 Å². The molecule has 22 heavy (non-hydrogen) atoms. The minimum Gasteiger partial charge on any atom is -0.366 e. The lowest BCUT2D eigenvalue weighted by Gasteiger charge is -2.08. The predicted octanol–water partition coefficient (Wildman–Crippen LogP) is 2.91. The summed E-state index contributed by atoms with van der Waals surface area (Å²) in [6, 6.07) is 14.1. The number of rotatable bonds is 3. The topological polar surface area (TPSA) is 64.2 Å². The van der Waals surface area contributed by atoms with E-state index in [9.17, 15) is 9.59 Å². The summed E-state index contributed by atoms with van der Waals surface area (Å²) in [4.78, 5) is 24.3. The highest BCUT2D eigenvalue weighted by molar-refractivity contribution is 5.82. The van der Waals surface area contributed by atoms with Gasteiger partial charge in [-0.1, -0.05) is 48.1 Å². The number of aryl methyl sites for hydroxylation is 1. The Morgan fingerprint density at radius 1 is 1.09 bits per heavy atom. The number of carbonyl (C=O) groups excluding carboxylic acids is 1. The molecule has 0 bridgehead atoms. The monoisotopic (exact) mass is 296 g/mol. The first kappa shape index (κ1) is 14.1. The lowest BCUT2D eigenvalue weighted by molar-refractivity contribution is 0.213. The molecular formula is C17H16N2O3. The van der Waals surface area contributed by atoms with Crippen LogP contribution in [0.2, 0.25) is 0 Å². The lowest BCUT2D eigenvalue weighted by Crippen LogP contribution is -2.33. The van der Waals surface area contributed by atoms with Crippen LogP contribution in [-0.4, -0.2) is 10.8 Å².